The molecule has 0 heterocycles. The number of carbonyl (C=O) groups is 1. The minimum Gasteiger partial charge on any atom is -0.507 e. The molecule has 0 bridgehead atoms. The number of phenolic OH excluding ortho intramolecular Hbond substituents is 1. The smallest absolute Gasteiger partial charge is 0.257 e. The maximum Gasteiger partial charge on any atom is 0.257 e. The van der Waals surface area contributed by atoms with Crippen LogP contribution in [0.3, 0.4) is 0 Å². The Morgan fingerprint density at radius 1 is 1.38 bits per heavy atom. The van der Waals surface area contributed by atoms with Crippen LogP contribution in [-0.4, -0.2) is 35.0 Å². The number of aryl methyl sites for hydroxylation is 1. The summed E-state index contributed by atoms with van der Waals surface area (Å²) in [5.41, 5.74) is 7.23. The number of nitrogens with two attached hydrogens (primary N) is 1. The van der Waals surface area contributed by atoms with Gasteiger partial charge in [0.15, 0.2) is 0 Å². The molecule has 0 saturated heterocycles. The Labute approximate surface area is 126 Å². The molecule has 1 fully saturated rings. The molecular formula is C17H26N2O2. The van der Waals surface area contributed by atoms with E-state index >= 15 is 0 Å². The van der Waals surface area contributed by atoms with Crippen molar-refractivity contribution in [3.05, 3.63) is 29.3 Å². The van der Waals surface area contributed by atoms with Gasteiger partial charge in [-0.3, -0.25) is 4.79 Å². The Morgan fingerprint density at radius 2 is 2.10 bits per heavy atom. The molecule has 1 amide bonds. The van der Waals surface area contributed by atoms with Gasteiger partial charge in [0.1, 0.15) is 5.75 Å². The van der Waals surface area contributed by atoms with E-state index in [-0.39, 0.29) is 17.7 Å². The monoisotopic (exact) mass is 290 g/mol. The Bertz CT molecular complexity index is 502. The van der Waals surface area contributed by atoms with Gasteiger partial charge in [-0.15, -0.1) is 0 Å². The summed E-state index contributed by atoms with van der Waals surface area (Å²) in [5, 5.41) is 10.1. The van der Waals surface area contributed by atoms with Crippen LogP contribution in [0.15, 0.2) is 18.2 Å². The van der Waals surface area contributed by atoms with Gasteiger partial charge in [0.2, 0.25) is 0 Å². The van der Waals surface area contributed by atoms with E-state index < -0.39 is 0 Å². The molecule has 4 heteroatoms. The minimum atomic E-state index is -0.0830. The maximum atomic E-state index is 12.8. The van der Waals surface area contributed by atoms with E-state index in [0.717, 1.165) is 24.8 Å². The quantitative estimate of drug-likeness (QED) is 0.896. The highest BCUT2D eigenvalue weighted by Gasteiger charge is 2.32. The summed E-state index contributed by atoms with van der Waals surface area (Å²) >= 11 is 0. The normalized spacial score (nSPS) is 22.0. The standard InChI is InChI=1S/C17H26N2O2/c1-3-19(15-7-5-4-6-13(15)11-18)17(21)14-9-8-12(2)10-16(14)20/h8-10,13,15,20H,3-7,11,18H2,1-2H3. The molecule has 1 saturated carbocycles. The Balaban J connectivity index is 2.25. The van der Waals surface area contributed by atoms with Crippen LogP contribution in [0.2, 0.25) is 0 Å². The predicted octanol–water partition coefficient (Wildman–Crippen LogP) is 2.68. The molecule has 3 N–H and O–H groups in total. The molecule has 1 aliphatic carbocycles. The molecule has 116 valence electrons. The number of rotatable bonds is 4. The van der Waals surface area contributed by atoms with E-state index in [1.165, 1.54) is 6.42 Å². The van der Waals surface area contributed by atoms with Crippen LogP contribution in [0.4, 0.5) is 0 Å². The molecule has 0 radical (unpaired) electrons. The summed E-state index contributed by atoms with van der Waals surface area (Å²) < 4.78 is 0. The number of hydrogen-bond acceptors (Lipinski definition) is 3. The first-order valence-electron chi connectivity index (χ1n) is 7.89. The third kappa shape index (κ3) is 3.38. The fraction of sp³-hybridized carbons (Fsp3) is 0.588. The molecule has 0 spiro atoms. The van der Waals surface area contributed by atoms with Gasteiger partial charge >= 0.3 is 0 Å². The Morgan fingerprint density at radius 3 is 2.71 bits per heavy atom. The largest absolute Gasteiger partial charge is 0.507 e. The molecule has 1 aliphatic rings. The average Bonchev–Trinajstić information content (AvgIpc) is 2.48. The molecule has 2 atom stereocenters. The van der Waals surface area contributed by atoms with Crippen molar-refractivity contribution in [2.24, 2.45) is 11.7 Å². The van der Waals surface area contributed by atoms with Crippen molar-refractivity contribution in [3.63, 3.8) is 0 Å². The van der Waals surface area contributed by atoms with Gasteiger partial charge in [0.05, 0.1) is 5.56 Å². The second-order valence-electron chi connectivity index (χ2n) is 5.96. The van der Waals surface area contributed by atoms with Gasteiger partial charge in [-0.25, -0.2) is 0 Å². The van der Waals surface area contributed by atoms with Crippen molar-refractivity contribution in [2.45, 2.75) is 45.6 Å². The minimum absolute atomic E-state index is 0.0681. The summed E-state index contributed by atoms with van der Waals surface area (Å²) in [5.74, 6) is 0.356. The van der Waals surface area contributed by atoms with Crippen LogP contribution in [0.5, 0.6) is 5.75 Å². The average molecular weight is 290 g/mol. The number of carbonyl (C=O) groups excluding carboxylic acids is 1. The zero-order chi connectivity index (χ0) is 15.4. The lowest BCUT2D eigenvalue weighted by atomic mass is 9.83. The lowest BCUT2D eigenvalue weighted by Crippen LogP contribution is -2.48. The first-order valence-corrected chi connectivity index (χ1v) is 7.89. The van der Waals surface area contributed by atoms with E-state index in [0.29, 0.717) is 24.6 Å². The fourth-order valence-corrected chi connectivity index (χ4v) is 3.38. The highest BCUT2D eigenvalue weighted by molar-refractivity contribution is 5.97. The molecule has 0 aromatic heterocycles. The van der Waals surface area contributed by atoms with E-state index in [9.17, 15) is 9.90 Å². The van der Waals surface area contributed by atoms with Crippen LogP contribution in [0, 0.1) is 12.8 Å². The Kier molecular flexibility index (Phi) is 5.23. The van der Waals surface area contributed by atoms with Gasteiger partial charge < -0.3 is 15.7 Å². The highest BCUT2D eigenvalue weighted by Crippen LogP contribution is 2.30. The molecule has 21 heavy (non-hydrogen) atoms. The van der Waals surface area contributed by atoms with Crippen LogP contribution < -0.4 is 5.73 Å². The topological polar surface area (TPSA) is 66.6 Å². The molecule has 2 rings (SSSR count). The van der Waals surface area contributed by atoms with E-state index in [4.69, 9.17) is 5.73 Å². The van der Waals surface area contributed by atoms with Gasteiger partial charge in [0, 0.05) is 12.6 Å². The van der Waals surface area contributed by atoms with Gasteiger partial charge in [0.25, 0.3) is 5.91 Å². The van der Waals surface area contributed by atoms with Gasteiger partial charge in [-0.05, 0) is 56.8 Å². The molecule has 2 unspecified atom stereocenters. The second kappa shape index (κ2) is 6.94. The van der Waals surface area contributed by atoms with Crippen molar-refractivity contribution < 1.29 is 9.90 Å². The fourth-order valence-electron chi connectivity index (χ4n) is 3.38. The van der Waals surface area contributed by atoms with Crippen molar-refractivity contribution in [1.82, 2.24) is 4.90 Å². The Hall–Kier alpha value is -1.55. The first-order chi connectivity index (χ1) is 10.1. The number of amides is 1. The zero-order valence-electron chi connectivity index (χ0n) is 13.0. The van der Waals surface area contributed by atoms with E-state index in [1.54, 1.807) is 12.1 Å². The van der Waals surface area contributed by atoms with Crippen molar-refractivity contribution in [1.29, 1.82) is 0 Å². The summed E-state index contributed by atoms with van der Waals surface area (Å²) in [6.45, 7) is 5.16. The number of hydrogen-bond donors (Lipinski definition) is 2. The molecule has 0 aliphatic heterocycles. The van der Waals surface area contributed by atoms with Crippen molar-refractivity contribution >= 4 is 5.91 Å². The van der Waals surface area contributed by atoms with Crippen LogP contribution in [0.1, 0.15) is 48.5 Å². The van der Waals surface area contributed by atoms with Gasteiger partial charge in [-0.2, -0.15) is 0 Å². The summed E-state index contributed by atoms with van der Waals surface area (Å²) in [6, 6.07) is 5.42. The highest BCUT2D eigenvalue weighted by atomic mass is 16.3. The zero-order valence-corrected chi connectivity index (χ0v) is 13.0. The van der Waals surface area contributed by atoms with Crippen molar-refractivity contribution in [2.75, 3.05) is 13.1 Å². The lowest BCUT2D eigenvalue weighted by molar-refractivity contribution is 0.0557. The summed E-state index contributed by atoms with van der Waals surface area (Å²) in [7, 11) is 0. The molecule has 1 aromatic carbocycles. The van der Waals surface area contributed by atoms with E-state index in [2.05, 4.69) is 0 Å². The SMILES string of the molecule is CCN(C(=O)c1ccc(C)cc1O)C1CCCCC1CN. The van der Waals surface area contributed by atoms with Crippen molar-refractivity contribution in [3.8, 4) is 5.75 Å². The van der Waals surface area contributed by atoms with Crippen LogP contribution in [-0.2, 0) is 0 Å². The number of aromatic hydroxyl groups is 1. The molecule has 1 aromatic rings. The second-order valence-corrected chi connectivity index (χ2v) is 5.96. The third-order valence-electron chi connectivity index (χ3n) is 4.56. The number of nitrogens with zero attached hydrogens (tertiary/aromatic N) is 1. The first kappa shape index (κ1) is 15.8. The predicted molar refractivity (Wildman–Crippen MR) is 84.4 cm³/mol. The maximum absolute atomic E-state index is 12.8. The summed E-state index contributed by atoms with van der Waals surface area (Å²) in [6.07, 6.45) is 4.43. The molecular weight excluding hydrogens is 264 g/mol. The van der Waals surface area contributed by atoms with Gasteiger partial charge in [-0.1, -0.05) is 18.9 Å². The summed E-state index contributed by atoms with van der Waals surface area (Å²) in [4.78, 5) is 14.7. The van der Waals surface area contributed by atoms with E-state index in [1.807, 2.05) is 24.8 Å². The number of phenols is 1. The van der Waals surface area contributed by atoms with Crippen LogP contribution >= 0.6 is 0 Å². The third-order valence-corrected chi connectivity index (χ3v) is 4.56. The lowest BCUT2D eigenvalue weighted by Gasteiger charge is -2.39. The number of benzene rings is 1. The van der Waals surface area contributed by atoms with Crippen LogP contribution in [0.25, 0.3) is 0 Å². The molecule has 4 nitrogen and oxygen atoms in total.